The van der Waals surface area contributed by atoms with Crippen LogP contribution in [0.4, 0.5) is 0 Å². The predicted molar refractivity (Wildman–Crippen MR) is 46.9 cm³/mol. The lowest BCUT2D eigenvalue weighted by atomic mass is 9.99. The van der Waals surface area contributed by atoms with Gasteiger partial charge in [-0.2, -0.15) is 0 Å². The minimum absolute atomic E-state index is 0.406. The number of methoxy groups -OCH3 is 1. The Morgan fingerprint density at radius 1 is 1.62 bits per heavy atom. The van der Waals surface area contributed by atoms with E-state index in [9.17, 15) is 14.9 Å². The second kappa shape index (κ2) is 5.50. The van der Waals surface area contributed by atoms with Crippen LogP contribution in [0.2, 0.25) is 0 Å². The van der Waals surface area contributed by atoms with Crippen LogP contribution in [-0.2, 0) is 9.53 Å². The van der Waals surface area contributed by atoms with E-state index in [4.69, 9.17) is 0 Å². The van der Waals surface area contributed by atoms with Crippen molar-refractivity contribution in [1.29, 1.82) is 0 Å². The van der Waals surface area contributed by atoms with Crippen molar-refractivity contribution in [2.75, 3.05) is 7.11 Å². The predicted octanol–water partition coefficient (Wildman–Crippen LogP) is 1.24. The number of carbonyl (C=O) groups is 1. The summed E-state index contributed by atoms with van der Waals surface area (Å²) in [5.41, 5.74) is 0. The van der Waals surface area contributed by atoms with Gasteiger partial charge in [-0.15, -0.1) is 0 Å². The summed E-state index contributed by atoms with van der Waals surface area (Å²) in [5.74, 6) is -1.19. The van der Waals surface area contributed by atoms with Gasteiger partial charge in [0.15, 0.2) is 0 Å². The highest BCUT2D eigenvalue weighted by Crippen LogP contribution is 2.13. The standard InChI is InChI=1S/C8H15NO4/c1-4-5-7(9(11)12)6(2)8(10)13-3/h6-7H,4-5H2,1-3H3. The Morgan fingerprint density at radius 2 is 2.15 bits per heavy atom. The molecule has 0 amide bonds. The molecule has 0 aliphatic rings. The first-order valence-corrected chi connectivity index (χ1v) is 4.25. The van der Waals surface area contributed by atoms with E-state index in [1.165, 1.54) is 14.0 Å². The molecule has 0 aromatic carbocycles. The molecule has 0 bridgehead atoms. The minimum atomic E-state index is -0.822. The first-order valence-electron chi connectivity index (χ1n) is 4.25. The molecule has 0 saturated heterocycles. The number of hydrogen-bond acceptors (Lipinski definition) is 4. The van der Waals surface area contributed by atoms with Crippen molar-refractivity contribution >= 4 is 5.97 Å². The van der Waals surface area contributed by atoms with Crippen LogP contribution in [0.25, 0.3) is 0 Å². The molecule has 76 valence electrons. The highest BCUT2D eigenvalue weighted by molar-refractivity contribution is 5.72. The third-order valence-corrected chi connectivity index (χ3v) is 2.01. The van der Waals surface area contributed by atoms with Gasteiger partial charge in [0.1, 0.15) is 5.92 Å². The maximum absolute atomic E-state index is 11.0. The minimum Gasteiger partial charge on any atom is -0.469 e. The Labute approximate surface area is 77.2 Å². The van der Waals surface area contributed by atoms with Crippen molar-refractivity contribution in [1.82, 2.24) is 0 Å². The molecule has 0 aliphatic heterocycles. The zero-order chi connectivity index (χ0) is 10.4. The van der Waals surface area contributed by atoms with Crippen molar-refractivity contribution in [3.63, 3.8) is 0 Å². The lowest BCUT2D eigenvalue weighted by Crippen LogP contribution is -2.33. The molecule has 0 radical (unpaired) electrons. The fraction of sp³-hybridized carbons (Fsp3) is 0.875. The fourth-order valence-corrected chi connectivity index (χ4v) is 1.18. The fourth-order valence-electron chi connectivity index (χ4n) is 1.18. The Kier molecular flexibility index (Phi) is 5.03. The van der Waals surface area contributed by atoms with Gasteiger partial charge in [0.25, 0.3) is 0 Å². The van der Waals surface area contributed by atoms with Crippen LogP contribution in [0.15, 0.2) is 0 Å². The normalized spacial score (nSPS) is 14.7. The van der Waals surface area contributed by atoms with Crippen LogP contribution < -0.4 is 0 Å². The molecule has 0 aromatic rings. The van der Waals surface area contributed by atoms with Gasteiger partial charge in [0, 0.05) is 11.3 Å². The van der Waals surface area contributed by atoms with Gasteiger partial charge in [-0.3, -0.25) is 14.9 Å². The van der Waals surface area contributed by atoms with Crippen molar-refractivity contribution in [3.8, 4) is 0 Å². The van der Waals surface area contributed by atoms with Gasteiger partial charge in [0.05, 0.1) is 7.11 Å². The molecule has 0 N–H and O–H groups in total. The number of esters is 1. The van der Waals surface area contributed by atoms with E-state index in [0.717, 1.165) is 0 Å². The highest BCUT2D eigenvalue weighted by Gasteiger charge is 2.32. The molecular formula is C8H15NO4. The summed E-state index contributed by atoms with van der Waals surface area (Å²) in [7, 11) is 1.24. The smallest absolute Gasteiger partial charge is 0.315 e. The molecule has 5 nitrogen and oxygen atoms in total. The van der Waals surface area contributed by atoms with Gasteiger partial charge in [-0.25, -0.2) is 0 Å². The molecule has 13 heavy (non-hydrogen) atoms. The lowest BCUT2D eigenvalue weighted by molar-refractivity contribution is -0.530. The summed E-state index contributed by atoms with van der Waals surface area (Å²) < 4.78 is 4.45. The summed E-state index contributed by atoms with van der Waals surface area (Å²) in [6.45, 7) is 3.37. The quantitative estimate of drug-likeness (QED) is 0.370. The molecule has 2 atom stereocenters. The molecular weight excluding hydrogens is 174 g/mol. The first-order chi connectivity index (χ1) is 6.04. The monoisotopic (exact) mass is 189 g/mol. The molecule has 0 rings (SSSR count). The van der Waals surface area contributed by atoms with E-state index < -0.39 is 22.9 Å². The van der Waals surface area contributed by atoms with E-state index in [-0.39, 0.29) is 0 Å². The van der Waals surface area contributed by atoms with Crippen LogP contribution in [0, 0.1) is 16.0 Å². The Bertz CT molecular complexity index is 193. The van der Waals surface area contributed by atoms with Crippen molar-refractivity contribution in [2.45, 2.75) is 32.7 Å². The number of nitro groups is 1. The Morgan fingerprint density at radius 3 is 2.46 bits per heavy atom. The lowest BCUT2D eigenvalue weighted by Gasteiger charge is -2.13. The molecule has 0 aliphatic carbocycles. The molecule has 0 spiro atoms. The van der Waals surface area contributed by atoms with E-state index >= 15 is 0 Å². The maximum Gasteiger partial charge on any atom is 0.315 e. The third kappa shape index (κ3) is 3.40. The summed E-state index contributed by atoms with van der Waals surface area (Å²) in [6.07, 6.45) is 1.09. The average Bonchev–Trinajstić information content (AvgIpc) is 2.11. The second-order valence-corrected chi connectivity index (χ2v) is 2.95. The van der Waals surface area contributed by atoms with Crippen LogP contribution in [-0.4, -0.2) is 24.0 Å². The van der Waals surface area contributed by atoms with Gasteiger partial charge in [-0.1, -0.05) is 6.92 Å². The average molecular weight is 189 g/mol. The third-order valence-electron chi connectivity index (χ3n) is 2.01. The van der Waals surface area contributed by atoms with Gasteiger partial charge in [-0.05, 0) is 13.3 Å². The van der Waals surface area contributed by atoms with Crippen LogP contribution >= 0.6 is 0 Å². The SMILES string of the molecule is CCCC(C(C)C(=O)OC)[N+](=O)[O-]. The summed E-state index contributed by atoms with van der Waals surface area (Å²) in [4.78, 5) is 21.1. The van der Waals surface area contributed by atoms with Gasteiger partial charge >= 0.3 is 5.97 Å². The first kappa shape index (κ1) is 11.9. The summed E-state index contributed by atoms with van der Waals surface area (Å²) >= 11 is 0. The molecule has 5 heteroatoms. The zero-order valence-corrected chi connectivity index (χ0v) is 8.15. The second-order valence-electron chi connectivity index (χ2n) is 2.95. The highest BCUT2D eigenvalue weighted by atomic mass is 16.6. The zero-order valence-electron chi connectivity index (χ0n) is 8.15. The van der Waals surface area contributed by atoms with Crippen LogP contribution in [0.3, 0.4) is 0 Å². The van der Waals surface area contributed by atoms with Gasteiger partial charge in [0.2, 0.25) is 6.04 Å². The Hall–Kier alpha value is -1.13. The molecule has 0 aromatic heterocycles. The number of hydrogen-bond donors (Lipinski definition) is 0. The van der Waals surface area contributed by atoms with E-state index in [1.807, 2.05) is 6.92 Å². The van der Waals surface area contributed by atoms with Crippen LogP contribution in [0.5, 0.6) is 0 Å². The molecule has 2 unspecified atom stereocenters. The van der Waals surface area contributed by atoms with E-state index in [0.29, 0.717) is 12.8 Å². The number of carbonyl (C=O) groups excluding carboxylic acids is 1. The number of ether oxygens (including phenoxy) is 1. The largest absolute Gasteiger partial charge is 0.469 e. The van der Waals surface area contributed by atoms with E-state index in [1.54, 1.807) is 0 Å². The van der Waals surface area contributed by atoms with Crippen molar-refractivity contribution in [2.24, 2.45) is 5.92 Å². The summed E-state index contributed by atoms with van der Waals surface area (Å²) in [5, 5.41) is 10.5. The number of rotatable bonds is 5. The molecule has 0 saturated carbocycles. The molecule has 0 heterocycles. The van der Waals surface area contributed by atoms with Crippen molar-refractivity contribution < 1.29 is 14.5 Å². The topological polar surface area (TPSA) is 69.4 Å². The maximum atomic E-state index is 11.0. The van der Waals surface area contributed by atoms with Crippen LogP contribution in [0.1, 0.15) is 26.7 Å². The Balaban J connectivity index is 4.35. The van der Waals surface area contributed by atoms with Crippen molar-refractivity contribution in [3.05, 3.63) is 10.1 Å². The summed E-state index contributed by atoms with van der Waals surface area (Å²) in [6, 6.07) is -0.822. The van der Waals surface area contributed by atoms with Gasteiger partial charge < -0.3 is 4.74 Å². The molecule has 0 fully saturated rings. The van der Waals surface area contributed by atoms with E-state index in [2.05, 4.69) is 4.74 Å². The number of nitrogens with zero attached hydrogens (tertiary/aromatic N) is 1.